The Morgan fingerprint density at radius 1 is 1.07 bits per heavy atom. The first-order valence-electron chi connectivity index (χ1n) is 9.49. The average Bonchev–Trinajstić information content (AvgIpc) is 2.72. The van der Waals surface area contributed by atoms with Crippen LogP contribution >= 0.6 is 0 Å². The number of fused-ring (bicyclic) bond motifs is 1. The first-order valence-corrected chi connectivity index (χ1v) is 9.49. The summed E-state index contributed by atoms with van der Waals surface area (Å²) < 4.78 is 19.5. The van der Waals surface area contributed by atoms with Gasteiger partial charge in [0.1, 0.15) is 11.6 Å². The molecule has 0 fully saturated rings. The van der Waals surface area contributed by atoms with Gasteiger partial charge >= 0.3 is 0 Å². The van der Waals surface area contributed by atoms with Crippen molar-refractivity contribution in [1.29, 1.82) is 0 Å². The molecule has 0 saturated heterocycles. The molecular weight excluding hydrogens is 355 g/mol. The normalized spacial score (nSPS) is 11.4. The maximum absolute atomic E-state index is 13.6. The third-order valence-corrected chi connectivity index (χ3v) is 4.17. The van der Waals surface area contributed by atoms with E-state index < -0.39 is 0 Å². The average molecular weight is 380 g/mol. The Kier molecular flexibility index (Phi) is 7.18. The van der Waals surface area contributed by atoms with E-state index >= 15 is 0 Å². The van der Waals surface area contributed by atoms with Gasteiger partial charge in [-0.15, -0.1) is 0 Å². The first kappa shape index (κ1) is 19.6. The lowest BCUT2D eigenvalue weighted by atomic mass is 10.1. The first-order chi connectivity index (χ1) is 13.8. The van der Waals surface area contributed by atoms with Gasteiger partial charge in [-0.3, -0.25) is 4.98 Å². The molecular formula is C22H25FN4O. The fourth-order valence-corrected chi connectivity index (χ4v) is 2.76. The quantitative estimate of drug-likeness (QED) is 0.354. The van der Waals surface area contributed by atoms with Crippen molar-refractivity contribution in [2.75, 3.05) is 19.7 Å². The lowest BCUT2D eigenvalue weighted by Crippen LogP contribution is -2.38. The summed E-state index contributed by atoms with van der Waals surface area (Å²) in [6.45, 7) is 4.20. The number of pyridine rings is 1. The van der Waals surface area contributed by atoms with Crippen LogP contribution in [0, 0.1) is 5.82 Å². The van der Waals surface area contributed by atoms with E-state index in [1.807, 2.05) is 25.1 Å². The Hall–Kier alpha value is -3.15. The Labute approximate surface area is 164 Å². The van der Waals surface area contributed by atoms with Gasteiger partial charge < -0.3 is 15.4 Å². The molecule has 0 amide bonds. The molecule has 0 spiro atoms. The van der Waals surface area contributed by atoms with Gasteiger partial charge in [-0.2, -0.15) is 0 Å². The van der Waals surface area contributed by atoms with E-state index in [0.717, 1.165) is 18.7 Å². The van der Waals surface area contributed by atoms with Crippen molar-refractivity contribution in [2.24, 2.45) is 4.99 Å². The van der Waals surface area contributed by atoms with Gasteiger partial charge in [0.15, 0.2) is 5.96 Å². The number of halogens is 1. The van der Waals surface area contributed by atoms with Gasteiger partial charge in [0, 0.05) is 19.3 Å². The van der Waals surface area contributed by atoms with Gasteiger partial charge in [-0.25, -0.2) is 9.38 Å². The number of ether oxygens (including phenoxy) is 1. The van der Waals surface area contributed by atoms with Gasteiger partial charge in [-0.05, 0) is 48.4 Å². The number of hydrogen-bond donors (Lipinski definition) is 2. The molecule has 0 unspecified atom stereocenters. The summed E-state index contributed by atoms with van der Waals surface area (Å²) >= 11 is 0. The summed E-state index contributed by atoms with van der Waals surface area (Å²) in [5, 5.41) is 8.75. The van der Waals surface area contributed by atoms with Crippen LogP contribution in [0.15, 0.2) is 65.8 Å². The zero-order valence-electron chi connectivity index (χ0n) is 16.0. The van der Waals surface area contributed by atoms with Gasteiger partial charge in [-0.1, -0.05) is 30.3 Å². The Bertz CT molecular complexity index is 929. The number of aliphatic imine (C=N–C) groups is 1. The predicted octanol–water partition coefficient (Wildman–Crippen LogP) is 3.90. The molecule has 0 bridgehead atoms. The number of hydrogen-bond acceptors (Lipinski definition) is 3. The summed E-state index contributed by atoms with van der Waals surface area (Å²) in [5.41, 5.74) is 0.333. The second-order valence-electron chi connectivity index (χ2n) is 6.26. The maximum Gasteiger partial charge on any atom is 0.191 e. The number of guanidine groups is 1. The second kappa shape index (κ2) is 10.3. The largest absolute Gasteiger partial charge is 0.494 e. The standard InChI is InChI=1S/C22H25FN4O/c1-2-24-22(27-16-21-20(23)9-5-12-25-21)26-13-6-14-28-19-11-10-17-7-3-4-8-18(17)15-19/h3-5,7-12,15H,2,6,13-14,16H2,1H3,(H2,24,26,27). The summed E-state index contributed by atoms with van der Waals surface area (Å²) in [6, 6.07) is 17.3. The third kappa shape index (κ3) is 5.67. The van der Waals surface area contributed by atoms with E-state index in [4.69, 9.17) is 4.74 Å². The number of nitrogens with one attached hydrogen (secondary N) is 2. The zero-order chi connectivity index (χ0) is 19.6. The van der Waals surface area contributed by atoms with Crippen LogP contribution in [0.4, 0.5) is 4.39 Å². The highest BCUT2D eigenvalue weighted by Crippen LogP contribution is 2.20. The molecule has 0 aliphatic carbocycles. The fraction of sp³-hybridized carbons (Fsp3) is 0.273. The lowest BCUT2D eigenvalue weighted by Gasteiger charge is -2.12. The lowest BCUT2D eigenvalue weighted by molar-refractivity contribution is 0.311. The summed E-state index contributed by atoms with van der Waals surface area (Å²) in [5.74, 6) is 1.16. The summed E-state index contributed by atoms with van der Waals surface area (Å²) in [4.78, 5) is 8.40. The van der Waals surface area contributed by atoms with Crippen LogP contribution in [0.5, 0.6) is 5.75 Å². The van der Waals surface area contributed by atoms with Crippen LogP contribution in [0.2, 0.25) is 0 Å². The minimum absolute atomic E-state index is 0.190. The molecule has 2 aromatic carbocycles. The van der Waals surface area contributed by atoms with E-state index in [-0.39, 0.29) is 12.4 Å². The molecule has 0 aliphatic heterocycles. The van der Waals surface area contributed by atoms with Crippen molar-refractivity contribution in [3.8, 4) is 5.75 Å². The molecule has 6 heteroatoms. The number of aromatic nitrogens is 1. The number of benzene rings is 2. The second-order valence-corrected chi connectivity index (χ2v) is 6.26. The van der Waals surface area contributed by atoms with Gasteiger partial charge in [0.2, 0.25) is 0 Å². The molecule has 0 radical (unpaired) electrons. The van der Waals surface area contributed by atoms with Crippen molar-refractivity contribution in [3.05, 3.63) is 72.3 Å². The Morgan fingerprint density at radius 2 is 1.93 bits per heavy atom. The van der Waals surface area contributed by atoms with Crippen molar-refractivity contribution >= 4 is 16.7 Å². The molecule has 3 rings (SSSR count). The van der Waals surface area contributed by atoms with Crippen LogP contribution in [-0.2, 0) is 6.54 Å². The molecule has 2 N–H and O–H groups in total. The monoisotopic (exact) mass is 380 g/mol. The predicted molar refractivity (Wildman–Crippen MR) is 111 cm³/mol. The number of rotatable bonds is 8. The minimum atomic E-state index is -0.342. The molecule has 28 heavy (non-hydrogen) atoms. The van der Waals surface area contributed by atoms with E-state index in [9.17, 15) is 4.39 Å². The third-order valence-electron chi connectivity index (χ3n) is 4.17. The Balaban J connectivity index is 1.45. The highest BCUT2D eigenvalue weighted by molar-refractivity contribution is 5.83. The summed E-state index contributed by atoms with van der Waals surface area (Å²) in [7, 11) is 0. The molecule has 3 aromatic rings. The fourth-order valence-electron chi connectivity index (χ4n) is 2.76. The molecule has 146 valence electrons. The zero-order valence-corrected chi connectivity index (χ0v) is 16.0. The molecule has 1 aromatic heterocycles. The van der Waals surface area contributed by atoms with Crippen LogP contribution in [0.3, 0.4) is 0 Å². The van der Waals surface area contributed by atoms with Crippen LogP contribution in [-0.4, -0.2) is 30.6 Å². The highest BCUT2D eigenvalue weighted by atomic mass is 19.1. The summed E-state index contributed by atoms with van der Waals surface area (Å²) in [6.07, 6.45) is 2.38. The maximum atomic E-state index is 13.6. The molecule has 0 aliphatic rings. The highest BCUT2D eigenvalue weighted by Gasteiger charge is 2.03. The van der Waals surface area contributed by atoms with Crippen molar-refractivity contribution in [1.82, 2.24) is 15.6 Å². The van der Waals surface area contributed by atoms with E-state index in [1.54, 1.807) is 12.3 Å². The minimum Gasteiger partial charge on any atom is -0.494 e. The van der Waals surface area contributed by atoms with E-state index in [2.05, 4.69) is 44.9 Å². The molecule has 0 saturated carbocycles. The van der Waals surface area contributed by atoms with Crippen molar-refractivity contribution in [3.63, 3.8) is 0 Å². The Morgan fingerprint density at radius 3 is 2.75 bits per heavy atom. The smallest absolute Gasteiger partial charge is 0.191 e. The molecule has 0 atom stereocenters. The van der Waals surface area contributed by atoms with E-state index in [0.29, 0.717) is 24.8 Å². The van der Waals surface area contributed by atoms with Crippen LogP contribution < -0.4 is 15.4 Å². The van der Waals surface area contributed by atoms with Gasteiger partial charge in [0.05, 0.1) is 18.8 Å². The number of nitrogens with zero attached hydrogens (tertiary/aromatic N) is 2. The van der Waals surface area contributed by atoms with E-state index in [1.165, 1.54) is 16.8 Å². The van der Waals surface area contributed by atoms with Crippen molar-refractivity contribution < 1.29 is 9.13 Å². The van der Waals surface area contributed by atoms with Crippen molar-refractivity contribution in [2.45, 2.75) is 19.9 Å². The topological polar surface area (TPSA) is 58.5 Å². The van der Waals surface area contributed by atoms with Crippen LogP contribution in [0.1, 0.15) is 19.0 Å². The van der Waals surface area contributed by atoms with Crippen LogP contribution in [0.25, 0.3) is 10.8 Å². The SMILES string of the molecule is CCNC(=NCc1ncccc1F)NCCCOc1ccc2ccccc2c1. The molecule has 1 heterocycles. The van der Waals surface area contributed by atoms with Gasteiger partial charge in [0.25, 0.3) is 0 Å². The molecule has 5 nitrogen and oxygen atoms in total.